The first-order valence-corrected chi connectivity index (χ1v) is 12.8. The molecule has 0 aliphatic heterocycles. The molecule has 0 bridgehead atoms. The van der Waals surface area contributed by atoms with Crippen molar-refractivity contribution in [1.29, 1.82) is 0 Å². The van der Waals surface area contributed by atoms with Crippen LogP contribution in [0, 0.1) is 13.8 Å². The van der Waals surface area contributed by atoms with Gasteiger partial charge in [0, 0.05) is 19.2 Å². The first kappa shape index (κ1) is 26.3. The van der Waals surface area contributed by atoms with Crippen LogP contribution in [0.15, 0.2) is 70.1 Å². The summed E-state index contributed by atoms with van der Waals surface area (Å²) < 4.78 is 18.2. The lowest BCUT2D eigenvalue weighted by molar-refractivity contribution is 0.163. The van der Waals surface area contributed by atoms with Crippen molar-refractivity contribution >= 4 is 10.9 Å². The number of ether oxygens (including phenoxy) is 2. The van der Waals surface area contributed by atoms with Gasteiger partial charge >= 0.3 is 0 Å². The maximum Gasteiger partial charge on any atom is 0.253 e. The molecule has 0 spiro atoms. The van der Waals surface area contributed by atoms with E-state index < -0.39 is 6.04 Å². The summed E-state index contributed by atoms with van der Waals surface area (Å²) in [5.41, 5.74) is 4.29. The van der Waals surface area contributed by atoms with E-state index in [-0.39, 0.29) is 5.56 Å². The smallest absolute Gasteiger partial charge is 0.253 e. The molecule has 0 amide bonds. The molecule has 0 aliphatic carbocycles. The lowest BCUT2D eigenvalue weighted by Crippen LogP contribution is -2.35. The maximum atomic E-state index is 13.8. The largest absolute Gasteiger partial charge is 0.497 e. The van der Waals surface area contributed by atoms with Crippen LogP contribution in [0.2, 0.25) is 0 Å². The minimum atomic E-state index is -0.595. The van der Waals surface area contributed by atoms with E-state index in [2.05, 4.69) is 37.5 Å². The second-order valence-corrected chi connectivity index (χ2v) is 9.59. The Bertz CT molecular complexity index is 1610. The topological polar surface area (TPSA) is 111 Å². The number of hydrogen-bond acceptors (Lipinski definition) is 8. The number of H-pyrrole nitrogens is 1. The molecule has 10 nitrogen and oxygen atoms in total. The third-order valence-corrected chi connectivity index (χ3v) is 6.75. The molecule has 5 rings (SSSR count). The molecule has 39 heavy (non-hydrogen) atoms. The van der Waals surface area contributed by atoms with E-state index >= 15 is 0 Å². The molecule has 1 atom stereocenters. The molecule has 0 saturated heterocycles. The van der Waals surface area contributed by atoms with E-state index in [1.54, 1.807) is 25.2 Å². The number of aromatic amines is 1. The van der Waals surface area contributed by atoms with Crippen molar-refractivity contribution in [3.05, 3.63) is 105 Å². The number of pyridine rings is 1. The summed E-state index contributed by atoms with van der Waals surface area (Å²) >= 11 is 0. The van der Waals surface area contributed by atoms with E-state index in [0.717, 1.165) is 39.1 Å². The fraction of sp³-hybridized carbons (Fsp3) is 0.310. The molecule has 1 unspecified atom stereocenters. The van der Waals surface area contributed by atoms with Gasteiger partial charge in [0.1, 0.15) is 17.6 Å². The van der Waals surface area contributed by atoms with Crippen molar-refractivity contribution in [3.63, 3.8) is 0 Å². The van der Waals surface area contributed by atoms with E-state index in [4.69, 9.17) is 13.9 Å². The van der Waals surface area contributed by atoms with Crippen LogP contribution in [0.25, 0.3) is 10.9 Å². The van der Waals surface area contributed by atoms with Crippen molar-refractivity contribution in [2.75, 3.05) is 20.8 Å². The van der Waals surface area contributed by atoms with Gasteiger partial charge in [-0.3, -0.25) is 9.69 Å². The number of nitrogens with one attached hydrogen (secondary N) is 1. The van der Waals surface area contributed by atoms with Crippen LogP contribution < -0.4 is 10.3 Å². The normalized spacial score (nSPS) is 12.3. The number of furan rings is 1. The van der Waals surface area contributed by atoms with Crippen LogP contribution >= 0.6 is 0 Å². The number of methoxy groups -OCH3 is 2. The minimum Gasteiger partial charge on any atom is -0.497 e. The Labute approximate surface area is 226 Å². The van der Waals surface area contributed by atoms with Gasteiger partial charge < -0.3 is 18.9 Å². The summed E-state index contributed by atoms with van der Waals surface area (Å²) in [5, 5.41) is 13.6. The number of hydrogen-bond donors (Lipinski definition) is 1. The first-order chi connectivity index (χ1) is 19.0. The number of rotatable bonds is 11. The van der Waals surface area contributed by atoms with Crippen molar-refractivity contribution in [2.24, 2.45) is 0 Å². The van der Waals surface area contributed by atoms with E-state index in [1.165, 1.54) is 0 Å². The van der Waals surface area contributed by atoms with Crippen LogP contribution in [0.4, 0.5) is 0 Å². The Balaban J connectivity index is 1.70. The predicted octanol–water partition coefficient (Wildman–Crippen LogP) is 4.17. The molecule has 2 aromatic carbocycles. The minimum absolute atomic E-state index is 0.198. The second-order valence-electron chi connectivity index (χ2n) is 9.59. The second kappa shape index (κ2) is 11.6. The summed E-state index contributed by atoms with van der Waals surface area (Å²) in [6.07, 6.45) is 1.64. The Kier molecular flexibility index (Phi) is 7.85. The Morgan fingerprint density at radius 2 is 1.95 bits per heavy atom. The number of aryl methyl sites for hydroxylation is 2. The highest BCUT2D eigenvalue weighted by Gasteiger charge is 2.31. The van der Waals surface area contributed by atoms with Gasteiger partial charge in [0.15, 0.2) is 5.82 Å². The number of fused-ring (bicyclic) bond motifs is 1. The Morgan fingerprint density at radius 1 is 1.08 bits per heavy atom. The van der Waals surface area contributed by atoms with Crippen molar-refractivity contribution in [1.82, 2.24) is 30.1 Å². The molecule has 0 saturated carbocycles. The van der Waals surface area contributed by atoms with Gasteiger partial charge in [-0.1, -0.05) is 23.8 Å². The van der Waals surface area contributed by atoms with Gasteiger partial charge in [-0.25, -0.2) is 4.68 Å². The molecule has 3 aromatic heterocycles. The predicted molar refractivity (Wildman–Crippen MR) is 147 cm³/mol. The number of benzene rings is 2. The van der Waals surface area contributed by atoms with E-state index in [0.29, 0.717) is 37.6 Å². The van der Waals surface area contributed by atoms with E-state index in [9.17, 15) is 4.79 Å². The molecule has 202 valence electrons. The van der Waals surface area contributed by atoms with Gasteiger partial charge in [0.25, 0.3) is 5.56 Å². The lowest BCUT2D eigenvalue weighted by atomic mass is 10.00. The molecule has 10 heteroatoms. The molecular formula is C29H32N6O4. The summed E-state index contributed by atoms with van der Waals surface area (Å²) in [4.78, 5) is 19.0. The van der Waals surface area contributed by atoms with Crippen LogP contribution in [-0.4, -0.2) is 50.9 Å². The van der Waals surface area contributed by atoms with Gasteiger partial charge in [-0.05, 0) is 77.2 Å². The fourth-order valence-corrected chi connectivity index (χ4v) is 5.00. The number of nitrogens with zero attached hydrogens (tertiary/aromatic N) is 5. The highest BCUT2D eigenvalue weighted by molar-refractivity contribution is 5.83. The van der Waals surface area contributed by atoms with Crippen molar-refractivity contribution < 1.29 is 13.9 Å². The Morgan fingerprint density at radius 3 is 2.72 bits per heavy atom. The van der Waals surface area contributed by atoms with Crippen LogP contribution in [0.3, 0.4) is 0 Å². The van der Waals surface area contributed by atoms with Crippen molar-refractivity contribution in [2.45, 2.75) is 39.5 Å². The zero-order chi connectivity index (χ0) is 27.4. The van der Waals surface area contributed by atoms with Crippen LogP contribution in [-0.2, 0) is 24.4 Å². The monoisotopic (exact) mass is 528 g/mol. The zero-order valence-electron chi connectivity index (χ0n) is 22.5. The fourth-order valence-electron chi connectivity index (χ4n) is 5.00. The maximum absolute atomic E-state index is 13.8. The molecular weight excluding hydrogens is 496 g/mol. The average Bonchev–Trinajstić information content (AvgIpc) is 3.61. The van der Waals surface area contributed by atoms with E-state index in [1.807, 2.05) is 56.3 Å². The summed E-state index contributed by atoms with van der Waals surface area (Å²) in [6, 6.07) is 17.1. The summed E-state index contributed by atoms with van der Waals surface area (Å²) in [7, 11) is 3.28. The third kappa shape index (κ3) is 5.76. The molecule has 0 aliphatic rings. The van der Waals surface area contributed by atoms with Crippen LogP contribution in [0.1, 0.15) is 39.9 Å². The lowest BCUT2D eigenvalue weighted by Gasteiger charge is -2.30. The molecule has 5 aromatic rings. The standard InChI is InChI=1S/C29H32N6O4/c1-19-13-20(2)26-22(14-19)16-25(29(36)30-26)27(28-31-32-33-35(28)10-12-37-3)34(18-24-9-6-11-39-24)17-21-7-5-8-23(15-21)38-4/h5-9,11,13-16,27H,10,12,17-18H2,1-4H3,(H,30,36). The Hall–Kier alpha value is -4.28. The number of aromatic nitrogens is 5. The summed E-state index contributed by atoms with van der Waals surface area (Å²) in [6.45, 7) is 5.80. The highest BCUT2D eigenvalue weighted by Crippen LogP contribution is 2.31. The average molecular weight is 529 g/mol. The highest BCUT2D eigenvalue weighted by atomic mass is 16.5. The van der Waals surface area contributed by atoms with Gasteiger partial charge in [0.05, 0.1) is 38.6 Å². The van der Waals surface area contributed by atoms with Gasteiger partial charge in [-0.2, -0.15) is 0 Å². The summed E-state index contributed by atoms with van der Waals surface area (Å²) in [5.74, 6) is 2.04. The zero-order valence-corrected chi connectivity index (χ0v) is 22.5. The molecule has 3 heterocycles. The quantitative estimate of drug-likeness (QED) is 0.272. The number of tetrazole rings is 1. The van der Waals surface area contributed by atoms with Gasteiger partial charge in [0.2, 0.25) is 0 Å². The molecule has 0 fully saturated rings. The van der Waals surface area contributed by atoms with Crippen molar-refractivity contribution in [3.8, 4) is 5.75 Å². The van der Waals surface area contributed by atoms with Gasteiger partial charge in [-0.15, -0.1) is 5.10 Å². The van der Waals surface area contributed by atoms with Crippen LogP contribution in [0.5, 0.6) is 5.75 Å². The molecule has 1 N–H and O–H groups in total. The SMILES string of the molecule is COCCn1nnnc1C(c1cc2cc(C)cc(C)c2[nH]c1=O)N(Cc1cccc(OC)c1)Cc1ccco1. The third-order valence-electron chi connectivity index (χ3n) is 6.75. The molecule has 0 radical (unpaired) electrons. The first-order valence-electron chi connectivity index (χ1n) is 12.8.